The van der Waals surface area contributed by atoms with Crippen LogP contribution < -0.4 is 0 Å². The zero-order valence-corrected chi connectivity index (χ0v) is 14.1. The molecule has 1 atom stereocenters. The third-order valence-electron chi connectivity index (χ3n) is 4.20. The minimum Gasteiger partial charge on any atom is -0.448 e. The molecule has 1 amide bonds. The first-order valence-electron chi connectivity index (χ1n) is 8.09. The van der Waals surface area contributed by atoms with Gasteiger partial charge in [-0.05, 0) is 19.4 Å². The van der Waals surface area contributed by atoms with E-state index in [0.29, 0.717) is 31.6 Å². The number of rotatable bonds is 3. The molecule has 0 saturated carbocycles. The van der Waals surface area contributed by atoms with E-state index in [1.165, 1.54) is 11.8 Å². The molecule has 0 N–H and O–H groups in total. The van der Waals surface area contributed by atoms with Gasteiger partial charge in [-0.15, -0.1) is 12.3 Å². The highest BCUT2D eigenvalue weighted by molar-refractivity contribution is 5.68. The monoisotopic (exact) mass is 366 g/mol. The number of fused-ring (bicyclic) bond motifs is 1. The molecule has 1 unspecified atom stereocenters. The second-order valence-corrected chi connectivity index (χ2v) is 6.12. The van der Waals surface area contributed by atoms with Crippen LogP contribution in [0.5, 0.6) is 0 Å². The number of aryl methyl sites for hydroxylation is 1. The van der Waals surface area contributed by atoms with Crippen molar-refractivity contribution in [3.63, 3.8) is 0 Å². The number of aromatic nitrogens is 3. The quantitative estimate of drug-likeness (QED) is 0.619. The minimum absolute atomic E-state index is 0.141. The molecule has 138 valence electrons. The Balaban J connectivity index is 1.80. The van der Waals surface area contributed by atoms with Gasteiger partial charge in [0.05, 0.1) is 5.69 Å². The summed E-state index contributed by atoms with van der Waals surface area (Å²) in [5.74, 6) is 2.21. The lowest BCUT2D eigenvalue weighted by Gasteiger charge is -2.15. The standard InChI is InChI=1S/C17H17F3N4O2/c1-3-4-7-26-16(25)23-6-5-12(10-23)13-9-15-21-11(2)8-14(17(18,19)20)24(15)22-13/h1,8-9,12H,4-7,10H2,2H3. The molecule has 9 heteroatoms. The van der Waals surface area contributed by atoms with Crippen LogP contribution in [-0.2, 0) is 10.9 Å². The molecule has 1 fully saturated rings. The van der Waals surface area contributed by atoms with Crippen LogP contribution in [-0.4, -0.2) is 45.3 Å². The average molecular weight is 366 g/mol. The first-order chi connectivity index (χ1) is 12.3. The summed E-state index contributed by atoms with van der Waals surface area (Å²) < 4.78 is 45.5. The molecule has 6 nitrogen and oxygen atoms in total. The van der Waals surface area contributed by atoms with Gasteiger partial charge in [0.2, 0.25) is 0 Å². The van der Waals surface area contributed by atoms with Crippen LogP contribution in [0.2, 0.25) is 0 Å². The molecule has 3 rings (SSSR count). The minimum atomic E-state index is -4.53. The van der Waals surface area contributed by atoms with E-state index in [1.807, 2.05) is 0 Å². The molecule has 2 aromatic rings. The highest BCUT2D eigenvalue weighted by Crippen LogP contribution is 2.32. The smallest absolute Gasteiger partial charge is 0.433 e. The summed E-state index contributed by atoms with van der Waals surface area (Å²) in [4.78, 5) is 17.6. The molecule has 0 spiro atoms. The normalized spacial score (nSPS) is 17.5. The Morgan fingerprint density at radius 3 is 2.92 bits per heavy atom. The van der Waals surface area contributed by atoms with E-state index >= 15 is 0 Å². The largest absolute Gasteiger partial charge is 0.448 e. The Bertz CT molecular complexity index is 869. The summed E-state index contributed by atoms with van der Waals surface area (Å²) in [6.45, 7) is 2.43. The molecule has 1 aliphatic heterocycles. The average Bonchev–Trinajstić information content (AvgIpc) is 3.19. The number of hydrogen-bond acceptors (Lipinski definition) is 4. The summed E-state index contributed by atoms with van der Waals surface area (Å²) in [5, 5.41) is 4.10. The highest BCUT2D eigenvalue weighted by atomic mass is 19.4. The number of likely N-dealkylation sites (tertiary alicyclic amines) is 1. The van der Waals surface area contributed by atoms with E-state index in [4.69, 9.17) is 11.2 Å². The fraction of sp³-hybridized carbons (Fsp3) is 0.471. The zero-order valence-electron chi connectivity index (χ0n) is 14.1. The van der Waals surface area contributed by atoms with Gasteiger partial charge in [0.15, 0.2) is 5.65 Å². The first kappa shape index (κ1) is 18.0. The van der Waals surface area contributed by atoms with Gasteiger partial charge in [-0.25, -0.2) is 14.3 Å². The summed E-state index contributed by atoms with van der Waals surface area (Å²) in [6.07, 6.45) is 1.03. The van der Waals surface area contributed by atoms with Gasteiger partial charge >= 0.3 is 12.3 Å². The van der Waals surface area contributed by atoms with Crippen LogP contribution in [0, 0.1) is 19.3 Å². The van der Waals surface area contributed by atoms with Crippen LogP contribution in [0.15, 0.2) is 12.1 Å². The summed E-state index contributed by atoms with van der Waals surface area (Å²) >= 11 is 0. The summed E-state index contributed by atoms with van der Waals surface area (Å²) in [6, 6.07) is 2.51. The molecular formula is C17H17F3N4O2. The maximum Gasteiger partial charge on any atom is 0.433 e. The topological polar surface area (TPSA) is 59.7 Å². The number of carbonyl (C=O) groups excluding carboxylic acids is 1. The van der Waals surface area contributed by atoms with Crippen molar-refractivity contribution in [1.29, 1.82) is 0 Å². The summed E-state index contributed by atoms with van der Waals surface area (Å²) in [7, 11) is 0. The molecule has 2 aromatic heterocycles. The zero-order chi connectivity index (χ0) is 18.9. The molecule has 26 heavy (non-hydrogen) atoms. The first-order valence-corrected chi connectivity index (χ1v) is 8.09. The number of nitrogens with zero attached hydrogens (tertiary/aromatic N) is 4. The molecule has 0 bridgehead atoms. The van der Waals surface area contributed by atoms with Gasteiger partial charge in [-0.2, -0.15) is 18.3 Å². The Morgan fingerprint density at radius 2 is 2.23 bits per heavy atom. The third-order valence-corrected chi connectivity index (χ3v) is 4.20. The van der Waals surface area contributed by atoms with Crippen LogP contribution in [0.1, 0.15) is 35.8 Å². The molecule has 3 heterocycles. The molecule has 0 aliphatic carbocycles. The number of terminal acetylenes is 1. The van der Waals surface area contributed by atoms with E-state index in [0.717, 1.165) is 10.6 Å². The number of ether oxygens (including phenoxy) is 1. The van der Waals surface area contributed by atoms with Gasteiger partial charge in [0.25, 0.3) is 0 Å². The van der Waals surface area contributed by atoms with Crippen LogP contribution in [0.4, 0.5) is 18.0 Å². The Hall–Kier alpha value is -2.76. The number of alkyl halides is 3. The van der Waals surface area contributed by atoms with E-state index in [1.54, 1.807) is 6.07 Å². The van der Waals surface area contributed by atoms with Gasteiger partial charge in [0, 0.05) is 37.2 Å². The fourth-order valence-corrected chi connectivity index (χ4v) is 2.98. The van der Waals surface area contributed by atoms with Crippen molar-refractivity contribution in [2.75, 3.05) is 19.7 Å². The lowest BCUT2D eigenvalue weighted by atomic mass is 10.1. The van der Waals surface area contributed by atoms with E-state index in [2.05, 4.69) is 16.0 Å². The summed E-state index contributed by atoms with van der Waals surface area (Å²) in [5.41, 5.74) is 0.0195. The van der Waals surface area contributed by atoms with Crippen LogP contribution in [0.3, 0.4) is 0 Å². The number of halogens is 3. The van der Waals surface area contributed by atoms with Crippen molar-refractivity contribution in [1.82, 2.24) is 19.5 Å². The van der Waals surface area contributed by atoms with Crippen LogP contribution in [0.25, 0.3) is 5.65 Å². The van der Waals surface area contributed by atoms with Crippen molar-refractivity contribution in [3.05, 3.63) is 29.2 Å². The predicted octanol–water partition coefficient (Wildman–Crippen LogP) is 3.01. The molecule has 1 aliphatic rings. The van der Waals surface area contributed by atoms with E-state index in [-0.39, 0.29) is 23.9 Å². The van der Waals surface area contributed by atoms with Crippen molar-refractivity contribution in [3.8, 4) is 12.3 Å². The fourth-order valence-electron chi connectivity index (χ4n) is 2.98. The van der Waals surface area contributed by atoms with Crippen molar-refractivity contribution in [2.45, 2.75) is 31.9 Å². The lowest BCUT2D eigenvalue weighted by molar-refractivity contribution is -0.142. The second-order valence-electron chi connectivity index (χ2n) is 6.12. The van der Waals surface area contributed by atoms with Gasteiger partial charge in [0.1, 0.15) is 12.3 Å². The van der Waals surface area contributed by atoms with Crippen molar-refractivity contribution in [2.24, 2.45) is 0 Å². The van der Waals surface area contributed by atoms with Crippen LogP contribution >= 0.6 is 0 Å². The van der Waals surface area contributed by atoms with Crippen molar-refractivity contribution >= 4 is 11.7 Å². The van der Waals surface area contributed by atoms with Gasteiger partial charge in [-0.3, -0.25) is 0 Å². The lowest BCUT2D eigenvalue weighted by Crippen LogP contribution is -2.29. The number of hydrogen-bond donors (Lipinski definition) is 0. The maximum atomic E-state index is 13.2. The number of amides is 1. The molecule has 0 radical (unpaired) electrons. The third kappa shape index (κ3) is 3.59. The van der Waals surface area contributed by atoms with Gasteiger partial charge < -0.3 is 9.64 Å². The maximum absolute atomic E-state index is 13.2. The predicted molar refractivity (Wildman–Crippen MR) is 86.5 cm³/mol. The van der Waals surface area contributed by atoms with E-state index in [9.17, 15) is 18.0 Å². The highest BCUT2D eigenvalue weighted by Gasteiger charge is 2.36. The Kier molecular flexibility index (Phi) is 4.76. The molecule has 1 saturated heterocycles. The van der Waals surface area contributed by atoms with Gasteiger partial charge in [-0.1, -0.05) is 0 Å². The number of carbonyl (C=O) groups is 1. The van der Waals surface area contributed by atoms with Crippen molar-refractivity contribution < 1.29 is 22.7 Å². The molecule has 0 aromatic carbocycles. The Morgan fingerprint density at radius 1 is 1.46 bits per heavy atom. The Labute approximate surface area is 147 Å². The van der Waals surface area contributed by atoms with E-state index < -0.39 is 18.0 Å². The SMILES string of the molecule is C#CCCOC(=O)N1CCC(c2cc3nc(C)cc(C(F)(F)F)n3n2)C1. The second kappa shape index (κ2) is 6.86. The molecular weight excluding hydrogens is 349 g/mol.